The normalized spacial score (nSPS) is 21.1. The monoisotopic (exact) mass is 335 g/mol. The molecular formula is C21H25N3O. The van der Waals surface area contributed by atoms with Crippen LogP contribution in [0.2, 0.25) is 0 Å². The Morgan fingerprint density at radius 3 is 2.88 bits per heavy atom. The highest BCUT2D eigenvalue weighted by Crippen LogP contribution is 2.33. The van der Waals surface area contributed by atoms with Crippen molar-refractivity contribution in [2.45, 2.75) is 26.2 Å². The van der Waals surface area contributed by atoms with Crippen LogP contribution in [0.15, 0.2) is 18.2 Å². The Balaban J connectivity index is 1.62. The number of carbonyl (C=O) groups excluding carboxylic acids is 1. The highest BCUT2D eigenvalue weighted by atomic mass is 16.2. The Morgan fingerprint density at radius 2 is 2.12 bits per heavy atom. The molecule has 1 aromatic heterocycles. The highest BCUT2D eigenvalue weighted by Gasteiger charge is 2.26. The molecule has 1 saturated heterocycles. The molecule has 4 heteroatoms. The molecular weight excluding hydrogens is 310 g/mol. The maximum absolute atomic E-state index is 13.1. The van der Waals surface area contributed by atoms with E-state index < -0.39 is 0 Å². The van der Waals surface area contributed by atoms with Gasteiger partial charge in [-0.1, -0.05) is 25.0 Å². The first kappa shape index (κ1) is 16.2. The number of hydrogen-bond acceptors (Lipinski definition) is 2. The number of aryl methyl sites for hydroxylation is 1. The van der Waals surface area contributed by atoms with Gasteiger partial charge < -0.3 is 9.88 Å². The molecule has 0 bridgehead atoms. The first-order chi connectivity index (χ1) is 12.2. The van der Waals surface area contributed by atoms with Crippen molar-refractivity contribution in [3.05, 3.63) is 35.0 Å². The molecule has 1 unspecified atom stereocenters. The number of terminal acetylenes is 1. The fourth-order valence-corrected chi connectivity index (χ4v) is 4.20. The van der Waals surface area contributed by atoms with E-state index in [2.05, 4.69) is 28.8 Å². The zero-order valence-corrected chi connectivity index (χ0v) is 14.8. The Hall–Kier alpha value is -2.25. The summed E-state index contributed by atoms with van der Waals surface area (Å²) >= 11 is 0. The Labute approximate surface area is 149 Å². The summed E-state index contributed by atoms with van der Waals surface area (Å²) in [5.41, 5.74) is 4.58. The SMILES string of the molecule is C#CCN1CCN(C(=O)c2cccc3c4c([nH]c23)CCC(C)C4)CC1. The number of aromatic amines is 1. The fraction of sp³-hybridized carbons (Fsp3) is 0.476. The van der Waals surface area contributed by atoms with E-state index in [0.29, 0.717) is 6.54 Å². The molecule has 1 aliphatic heterocycles. The first-order valence-electron chi connectivity index (χ1n) is 9.25. The molecule has 2 aliphatic rings. The lowest BCUT2D eigenvalue weighted by atomic mass is 9.87. The standard InChI is InChI=1S/C21H25N3O/c1-3-9-23-10-12-24(13-11-23)21(25)17-6-4-5-16-18-14-15(2)7-8-19(18)22-20(16)17/h1,4-6,15,22H,7-14H2,2H3. The maximum atomic E-state index is 13.1. The van der Waals surface area contributed by atoms with E-state index in [1.165, 1.54) is 23.1 Å². The smallest absolute Gasteiger partial charge is 0.256 e. The number of nitrogens with one attached hydrogen (secondary N) is 1. The van der Waals surface area contributed by atoms with Crippen molar-refractivity contribution in [1.82, 2.24) is 14.8 Å². The quantitative estimate of drug-likeness (QED) is 0.857. The lowest BCUT2D eigenvalue weighted by molar-refractivity contribution is 0.0654. The number of piperazine rings is 1. The van der Waals surface area contributed by atoms with E-state index in [9.17, 15) is 4.79 Å². The Morgan fingerprint density at radius 1 is 1.32 bits per heavy atom. The van der Waals surface area contributed by atoms with Gasteiger partial charge in [-0.25, -0.2) is 0 Å². The summed E-state index contributed by atoms with van der Waals surface area (Å²) in [6.07, 6.45) is 8.81. The Kier molecular flexibility index (Phi) is 4.27. The third kappa shape index (κ3) is 2.94. The second-order valence-corrected chi connectivity index (χ2v) is 7.43. The van der Waals surface area contributed by atoms with Crippen molar-refractivity contribution < 1.29 is 4.79 Å². The zero-order chi connectivity index (χ0) is 17.4. The minimum absolute atomic E-state index is 0.137. The summed E-state index contributed by atoms with van der Waals surface area (Å²) in [6, 6.07) is 6.14. The average Bonchev–Trinajstić information content (AvgIpc) is 3.00. The lowest BCUT2D eigenvalue weighted by Crippen LogP contribution is -2.48. The number of carbonyl (C=O) groups is 1. The van der Waals surface area contributed by atoms with Crippen molar-refractivity contribution >= 4 is 16.8 Å². The van der Waals surface area contributed by atoms with Crippen molar-refractivity contribution in [1.29, 1.82) is 0 Å². The molecule has 2 aromatic rings. The molecule has 2 heterocycles. The van der Waals surface area contributed by atoms with E-state index in [0.717, 1.165) is 56.0 Å². The van der Waals surface area contributed by atoms with Crippen LogP contribution in [0, 0.1) is 18.3 Å². The highest BCUT2D eigenvalue weighted by molar-refractivity contribution is 6.06. The second-order valence-electron chi connectivity index (χ2n) is 7.43. The number of rotatable bonds is 2. The van der Waals surface area contributed by atoms with E-state index >= 15 is 0 Å². The van der Waals surface area contributed by atoms with E-state index in [-0.39, 0.29) is 5.91 Å². The van der Waals surface area contributed by atoms with Gasteiger partial charge in [-0.05, 0) is 36.8 Å². The molecule has 1 N–H and O–H groups in total. The van der Waals surface area contributed by atoms with Gasteiger partial charge in [0.25, 0.3) is 5.91 Å². The summed E-state index contributed by atoms with van der Waals surface area (Å²) in [6.45, 7) is 6.17. The van der Waals surface area contributed by atoms with Crippen molar-refractivity contribution in [2.75, 3.05) is 32.7 Å². The predicted molar refractivity (Wildman–Crippen MR) is 101 cm³/mol. The van der Waals surface area contributed by atoms with Crippen LogP contribution >= 0.6 is 0 Å². The third-order valence-electron chi connectivity index (χ3n) is 5.67. The van der Waals surface area contributed by atoms with Gasteiger partial charge in [0.05, 0.1) is 17.6 Å². The van der Waals surface area contributed by atoms with Crippen LogP contribution in [0.1, 0.15) is 35.0 Å². The van der Waals surface area contributed by atoms with Crippen LogP contribution in [0.25, 0.3) is 10.9 Å². The zero-order valence-electron chi connectivity index (χ0n) is 14.8. The van der Waals surface area contributed by atoms with E-state index in [1.54, 1.807) is 0 Å². The van der Waals surface area contributed by atoms with Crippen molar-refractivity contribution in [3.8, 4) is 12.3 Å². The number of fused-ring (bicyclic) bond motifs is 3. The minimum Gasteiger partial charge on any atom is -0.358 e. The first-order valence-corrected chi connectivity index (χ1v) is 9.25. The second kappa shape index (κ2) is 6.57. The largest absolute Gasteiger partial charge is 0.358 e. The lowest BCUT2D eigenvalue weighted by Gasteiger charge is -2.33. The molecule has 1 atom stereocenters. The number of aromatic nitrogens is 1. The summed E-state index contributed by atoms with van der Waals surface area (Å²) < 4.78 is 0. The van der Waals surface area contributed by atoms with Gasteiger partial charge >= 0.3 is 0 Å². The van der Waals surface area contributed by atoms with Crippen LogP contribution in [-0.2, 0) is 12.8 Å². The van der Waals surface area contributed by atoms with Crippen molar-refractivity contribution in [2.24, 2.45) is 5.92 Å². The molecule has 0 spiro atoms. The van der Waals surface area contributed by atoms with E-state index in [4.69, 9.17) is 6.42 Å². The van der Waals surface area contributed by atoms with Crippen LogP contribution in [-0.4, -0.2) is 53.4 Å². The molecule has 130 valence electrons. The van der Waals surface area contributed by atoms with Crippen LogP contribution in [0.3, 0.4) is 0 Å². The van der Waals surface area contributed by atoms with Gasteiger partial charge in [-0.2, -0.15) is 0 Å². The fourth-order valence-electron chi connectivity index (χ4n) is 4.20. The van der Waals surface area contributed by atoms with Crippen LogP contribution < -0.4 is 0 Å². The summed E-state index contributed by atoms with van der Waals surface area (Å²) in [5, 5.41) is 1.23. The summed E-state index contributed by atoms with van der Waals surface area (Å²) in [4.78, 5) is 20.9. The molecule has 0 saturated carbocycles. The van der Waals surface area contributed by atoms with Gasteiger partial charge in [0, 0.05) is 37.3 Å². The number of amides is 1. The molecule has 1 aromatic carbocycles. The predicted octanol–water partition coefficient (Wildman–Crippen LogP) is 2.68. The molecule has 1 fully saturated rings. The Bertz CT molecular complexity index is 837. The number of benzene rings is 1. The van der Waals surface area contributed by atoms with Gasteiger partial charge in [0.2, 0.25) is 0 Å². The van der Waals surface area contributed by atoms with Gasteiger partial charge in [0.1, 0.15) is 0 Å². The third-order valence-corrected chi connectivity index (χ3v) is 5.67. The van der Waals surface area contributed by atoms with Gasteiger partial charge in [-0.3, -0.25) is 9.69 Å². The minimum atomic E-state index is 0.137. The summed E-state index contributed by atoms with van der Waals surface area (Å²) in [5.74, 6) is 3.54. The number of H-pyrrole nitrogens is 1. The van der Waals surface area contributed by atoms with E-state index in [1.807, 2.05) is 17.0 Å². The molecule has 25 heavy (non-hydrogen) atoms. The van der Waals surface area contributed by atoms with Crippen molar-refractivity contribution in [3.63, 3.8) is 0 Å². The molecule has 4 rings (SSSR count). The topological polar surface area (TPSA) is 39.3 Å². The molecule has 4 nitrogen and oxygen atoms in total. The maximum Gasteiger partial charge on any atom is 0.256 e. The van der Waals surface area contributed by atoms with Gasteiger partial charge in [-0.15, -0.1) is 6.42 Å². The van der Waals surface area contributed by atoms with Crippen LogP contribution in [0.4, 0.5) is 0 Å². The number of para-hydroxylation sites is 1. The average molecular weight is 335 g/mol. The van der Waals surface area contributed by atoms with Crippen LogP contribution in [0.5, 0.6) is 0 Å². The molecule has 0 radical (unpaired) electrons. The number of nitrogens with zero attached hydrogens (tertiary/aromatic N) is 2. The molecule has 1 aliphatic carbocycles. The molecule has 1 amide bonds. The summed E-state index contributed by atoms with van der Waals surface area (Å²) in [7, 11) is 0. The number of hydrogen-bond donors (Lipinski definition) is 1. The van der Waals surface area contributed by atoms with Gasteiger partial charge in [0.15, 0.2) is 0 Å².